The van der Waals surface area contributed by atoms with Crippen LogP contribution in [0, 0.1) is 0 Å². The summed E-state index contributed by atoms with van der Waals surface area (Å²) in [6, 6.07) is 12.9. The molecule has 0 radical (unpaired) electrons. The van der Waals surface area contributed by atoms with Gasteiger partial charge in [0.05, 0.1) is 15.9 Å². The van der Waals surface area contributed by atoms with Crippen LogP contribution < -0.4 is 15.7 Å². The number of nitrogens with one attached hydrogen (secondary N) is 3. The largest absolute Gasteiger partial charge is 0.350 e. The molecule has 1 heterocycles. The molecule has 0 saturated carbocycles. The van der Waals surface area contributed by atoms with Crippen LogP contribution in [-0.4, -0.2) is 36.5 Å². The highest BCUT2D eigenvalue weighted by atomic mass is 32.2. The Morgan fingerprint density at radius 2 is 1.80 bits per heavy atom. The Balaban J connectivity index is 1.62. The summed E-state index contributed by atoms with van der Waals surface area (Å²) in [6.45, 7) is 5.82. The van der Waals surface area contributed by atoms with Gasteiger partial charge in [0.15, 0.2) is 0 Å². The number of nitrogens with zero attached hydrogens (tertiary/aromatic N) is 1. The Morgan fingerprint density at radius 1 is 1.10 bits per heavy atom. The van der Waals surface area contributed by atoms with Gasteiger partial charge in [0.2, 0.25) is 10.0 Å². The average molecular weight is 431 g/mol. The van der Waals surface area contributed by atoms with E-state index in [-0.39, 0.29) is 35.1 Å². The first-order chi connectivity index (χ1) is 14.2. The number of amides is 1. The number of sulfonamides is 1. The fraction of sp³-hybridized carbons (Fsp3) is 0.333. The van der Waals surface area contributed by atoms with Crippen LogP contribution in [0.2, 0.25) is 0 Å². The molecular weight excluding hydrogens is 404 g/mol. The number of hydrogen-bond donors (Lipinski definition) is 3. The second-order valence-electron chi connectivity index (χ2n) is 7.50. The van der Waals surface area contributed by atoms with E-state index in [1.54, 1.807) is 41.0 Å². The van der Waals surface area contributed by atoms with Crippen LogP contribution in [0.25, 0.3) is 11.0 Å². The van der Waals surface area contributed by atoms with Gasteiger partial charge in [0.1, 0.15) is 0 Å². The third-order valence-electron chi connectivity index (χ3n) is 4.80. The lowest BCUT2D eigenvalue weighted by Gasteiger charge is -2.15. The molecule has 0 aliphatic rings. The Morgan fingerprint density at radius 3 is 2.47 bits per heavy atom. The summed E-state index contributed by atoms with van der Waals surface area (Å²) in [6.07, 6.45) is 0.431. The smallest absolute Gasteiger partial charge is 0.326 e. The van der Waals surface area contributed by atoms with Crippen LogP contribution in [0.5, 0.6) is 0 Å². The number of imidazole rings is 1. The van der Waals surface area contributed by atoms with E-state index < -0.39 is 10.0 Å². The van der Waals surface area contributed by atoms with Gasteiger partial charge in [-0.2, -0.15) is 0 Å². The summed E-state index contributed by atoms with van der Waals surface area (Å²) in [4.78, 5) is 27.7. The number of carbonyl (C=O) groups is 1. The van der Waals surface area contributed by atoms with Gasteiger partial charge in [0.25, 0.3) is 5.91 Å². The van der Waals surface area contributed by atoms with Crippen LogP contribution in [0.1, 0.15) is 43.6 Å². The number of fused-ring (bicyclic) bond motifs is 1. The zero-order valence-corrected chi connectivity index (χ0v) is 18.0. The van der Waals surface area contributed by atoms with Gasteiger partial charge in [-0.1, -0.05) is 18.2 Å². The summed E-state index contributed by atoms with van der Waals surface area (Å²) in [7, 11) is -3.57. The molecule has 9 heteroatoms. The zero-order chi connectivity index (χ0) is 21.9. The van der Waals surface area contributed by atoms with Crippen LogP contribution in [0.15, 0.2) is 58.2 Å². The summed E-state index contributed by atoms with van der Waals surface area (Å²) in [5.74, 6) is -0.278. The number of H-pyrrole nitrogens is 1. The minimum absolute atomic E-state index is 0.0406. The summed E-state index contributed by atoms with van der Waals surface area (Å²) in [5, 5.41) is 2.87. The van der Waals surface area contributed by atoms with Crippen molar-refractivity contribution >= 4 is 27.0 Å². The SMILES string of the molecule is CC(CCNS(=O)(=O)c1ccccc1)NC(=O)c1ccc2[nH]c(=O)n(C(C)C)c2c1. The fourth-order valence-corrected chi connectivity index (χ4v) is 4.32. The molecule has 3 rings (SSSR count). The van der Waals surface area contributed by atoms with Gasteiger partial charge in [-0.05, 0) is 57.5 Å². The van der Waals surface area contributed by atoms with E-state index in [0.29, 0.717) is 23.0 Å². The van der Waals surface area contributed by atoms with Gasteiger partial charge >= 0.3 is 5.69 Å². The predicted octanol–water partition coefficient (Wildman–Crippen LogP) is 2.40. The quantitative estimate of drug-likeness (QED) is 0.509. The first-order valence-corrected chi connectivity index (χ1v) is 11.3. The van der Waals surface area contributed by atoms with Crippen molar-refractivity contribution in [3.63, 3.8) is 0 Å². The average Bonchev–Trinajstić information content (AvgIpc) is 3.03. The van der Waals surface area contributed by atoms with Gasteiger partial charge < -0.3 is 10.3 Å². The van der Waals surface area contributed by atoms with E-state index in [1.165, 1.54) is 12.1 Å². The first-order valence-electron chi connectivity index (χ1n) is 9.79. The molecule has 8 nitrogen and oxygen atoms in total. The molecule has 1 amide bonds. The van der Waals surface area contributed by atoms with E-state index in [1.807, 2.05) is 20.8 Å². The Kier molecular flexibility index (Phi) is 6.42. The Hall–Kier alpha value is -2.91. The highest BCUT2D eigenvalue weighted by molar-refractivity contribution is 7.89. The lowest BCUT2D eigenvalue weighted by Crippen LogP contribution is -2.36. The van der Waals surface area contributed by atoms with E-state index in [4.69, 9.17) is 0 Å². The van der Waals surface area contributed by atoms with E-state index in [2.05, 4.69) is 15.0 Å². The third kappa shape index (κ3) is 4.80. The maximum absolute atomic E-state index is 12.6. The third-order valence-corrected chi connectivity index (χ3v) is 6.27. The molecule has 0 aliphatic carbocycles. The highest BCUT2D eigenvalue weighted by Crippen LogP contribution is 2.17. The van der Waals surface area contributed by atoms with Crippen molar-refractivity contribution in [1.82, 2.24) is 19.6 Å². The molecule has 1 unspecified atom stereocenters. The summed E-state index contributed by atoms with van der Waals surface area (Å²) < 4.78 is 28.6. The van der Waals surface area contributed by atoms with Crippen molar-refractivity contribution in [2.24, 2.45) is 0 Å². The summed E-state index contributed by atoms with van der Waals surface area (Å²) in [5.41, 5.74) is 1.57. The van der Waals surface area contributed by atoms with Crippen molar-refractivity contribution < 1.29 is 13.2 Å². The molecule has 3 aromatic rings. The molecule has 30 heavy (non-hydrogen) atoms. The molecule has 1 aromatic heterocycles. The number of benzene rings is 2. The maximum atomic E-state index is 12.6. The zero-order valence-electron chi connectivity index (χ0n) is 17.2. The number of aromatic nitrogens is 2. The lowest BCUT2D eigenvalue weighted by molar-refractivity contribution is 0.0939. The number of carbonyl (C=O) groups excluding carboxylic acids is 1. The predicted molar refractivity (Wildman–Crippen MR) is 116 cm³/mol. The molecule has 0 fully saturated rings. The number of rotatable bonds is 8. The topological polar surface area (TPSA) is 113 Å². The van der Waals surface area contributed by atoms with Gasteiger partial charge in [0, 0.05) is 24.2 Å². The minimum atomic E-state index is -3.57. The van der Waals surface area contributed by atoms with Crippen LogP contribution >= 0.6 is 0 Å². The van der Waals surface area contributed by atoms with E-state index >= 15 is 0 Å². The van der Waals surface area contributed by atoms with Crippen molar-refractivity contribution in [2.45, 2.75) is 44.2 Å². The second-order valence-corrected chi connectivity index (χ2v) is 9.27. The van der Waals surface area contributed by atoms with Gasteiger partial charge in [-0.25, -0.2) is 17.9 Å². The number of aromatic amines is 1. The van der Waals surface area contributed by atoms with Gasteiger partial charge in [-0.15, -0.1) is 0 Å². The normalized spacial score (nSPS) is 12.9. The van der Waals surface area contributed by atoms with Gasteiger partial charge in [-0.3, -0.25) is 9.36 Å². The molecule has 160 valence electrons. The van der Waals surface area contributed by atoms with Crippen molar-refractivity contribution in [3.8, 4) is 0 Å². The number of hydrogen-bond acceptors (Lipinski definition) is 4. The monoisotopic (exact) mass is 430 g/mol. The van der Waals surface area contributed by atoms with E-state index in [9.17, 15) is 18.0 Å². The standard InChI is InChI=1S/C21H26N4O4S/c1-14(2)25-19-13-16(9-10-18(19)24-21(25)27)20(26)23-15(3)11-12-22-30(28,29)17-7-5-4-6-8-17/h4-10,13-15,22H,11-12H2,1-3H3,(H,23,26)(H,24,27). The molecule has 0 spiro atoms. The molecule has 2 aromatic carbocycles. The van der Waals surface area contributed by atoms with Crippen molar-refractivity contribution in [3.05, 3.63) is 64.6 Å². The molecule has 0 bridgehead atoms. The highest BCUT2D eigenvalue weighted by Gasteiger charge is 2.16. The van der Waals surface area contributed by atoms with Crippen LogP contribution in [0.3, 0.4) is 0 Å². The van der Waals surface area contributed by atoms with Crippen LogP contribution in [0.4, 0.5) is 0 Å². The van der Waals surface area contributed by atoms with Crippen molar-refractivity contribution in [1.29, 1.82) is 0 Å². The molecule has 3 N–H and O–H groups in total. The maximum Gasteiger partial charge on any atom is 0.326 e. The van der Waals surface area contributed by atoms with Crippen LogP contribution in [-0.2, 0) is 10.0 Å². The second kappa shape index (κ2) is 8.85. The molecule has 0 aliphatic heterocycles. The van der Waals surface area contributed by atoms with E-state index in [0.717, 1.165) is 0 Å². The molecule has 1 atom stereocenters. The lowest BCUT2D eigenvalue weighted by atomic mass is 10.1. The molecule has 0 saturated heterocycles. The molecular formula is C21H26N4O4S. The summed E-state index contributed by atoms with van der Waals surface area (Å²) >= 11 is 0. The first kappa shape index (κ1) is 21.8. The Bertz CT molecular complexity index is 1200. The van der Waals surface area contributed by atoms with Crippen molar-refractivity contribution in [2.75, 3.05) is 6.54 Å². The fourth-order valence-electron chi connectivity index (χ4n) is 3.25. The minimum Gasteiger partial charge on any atom is -0.350 e. The Labute approximate surface area is 175 Å².